The molecule has 6 rings (SSSR count). The summed E-state index contributed by atoms with van der Waals surface area (Å²) in [6.45, 7) is 21.6. The first-order valence-electron chi connectivity index (χ1n) is 18.1. The molecule has 2 aromatic heterocycles. The van der Waals surface area contributed by atoms with E-state index in [1.54, 1.807) is 4.90 Å². The van der Waals surface area contributed by atoms with Crippen molar-refractivity contribution in [3.63, 3.8) is 0 Å². The van der Waals surface area contributed by atoms with Gasteiger partial charge in [0.2, 0.25) is 5.88 Å². The van der Waals surface area contributed by atoms with E-state index < -0.39 is 50.1 Å². The summed E-state index contributed by atoms with van der Waals surface area (Å²) in [6.07, 6.45) is 1.98. The summed E-state index contributed by atoms with van der Waals surface area (Å²) in [5.41, 5.74) is 3.34. The third kappa shape index (κ3) is 8.21. The van der Waals surface area contributed by atoms with Gasteiger partial charge in [0.05, 0.1) is 25.3 Å². The highest BCUT2D eigenvalue weighted by Crippen LogP contribution is 2.50. The topological polar surface area (TPSA) is 106 Å². The Morgan fingerprint density at radius 3 is 2.12 bits per heavy atom. The fraction of sp³-hybridized carbons (Fsp3) is 0.525. The summed E-state index contributed by atoms with van der Waals surface area (Å²) in [5.74, 6) is -0.484. The molecular weight excluding hydrogens is 677 g/mol. The number of carbonyl (C=O) groups excluding carboxylic acids is 1. The van der Waals surface area contributed by atoms with Crippen molar-refractivity contribution in [1.29, 1.82) is 0 Å². The molecular formula is C40H54N4O7Si. The third-order valence-corrected chi connectivity index (χ3v) is 14.6. The van der Waals surface area contributed by atoms with Crippen LogP contribution in [0.25, 0.3) is 11.0 Å². The maximum absolute atomic E-state index is 14.4. The Kier molecular flexibility index (Phi) is 10.6. The average Bonchev–Trinajstić information content (AvgIpc) is 3.68. The van der Waals surface area contributed by atoms with Crippen LogP contribution in [0.1, 0.15) is 78.1 Å². The van der Waals surface area contributed by atoms with E-state index in [2.05, 4.69) is 38.8 Å². The average molecular weight is 731 g/mol. The van der Waals surface area contributed by atoms with Crippen molar-refractivity contribution in [3.05, 3.63) is 89.9 Å². The predicted octanol–water partition coefficient (Wildman–Crippen LogP) is 8.39. The molecule has 0 saturated carbocycles. The number of hydrogen-bond acceptors (Lipinski definition) is 9. The van der Waals surface area contributed by atoms with Crippen LogP contribution in [0.15, 0.2) is 73.2 Å². The van der Waals surface area contributed by atoms with Gasteiger partial charge in [-0.2, -0.15) is 4.98 Å². The first-order valence-corrected chi connectivity index (χ1v) is 21.0. The van der Waals surface area contributed by atoms with Crippen molar-refractivity contribution in [2.24, 2.45) is 0 Å². The van der Waals surface area contributed by atoms with Crippen molar-refractivity contribution < 1.29 is 32.9 Å². The first-order chi connectivity index (χ1) is 24.4. The fourth-order valence-corrected chi connectivity index (χ4v) is 7.59. The van der Waals surface area contributed by atoms with Crippen LogP contribution in [0.2, 0.25) is 18.1 Å². The number of hydrogen-bond donors (Lipinski definition) is 0. The highest BCUT2D eigenvalue weighted by atomic mass is 28.4. The van der Waals surface area contributed by atoms with Crippen molar-refractivity contribution in [2.75, 3.05) is 6.61 Å². The first kappa shape index (κ1) is 37.9. The number of benzene rings is 2. The SMILES string of the molecule is CC(C)(C)OC(=O)N1C(CO[Si](C)(C)C(C)(C)C)C2OC(C)(C)OC2C1c1cn(COCc2ccccc2)c2c(OCc3ccccc3)ncnc12. The van der Waals surface area contributed by atoms with Gasteiger partial charge in [-0.15, -0.1) is 0 Å². The quantitative estimate of drug-likeness (QED) is 0.141. The molecule has 12 heteroatoms. The van der Waals surface area contributed by atoms with Crippen molar-refractivity contribution in [2.45, 2.75) is 129 Å². The van der Waals surface area contributed by atoms with E-state index in [1.807, 2.05) is 106 Å². The number of amides is 1. The minimum atomic E-state index is -2.22. The molecule has 0 spiro atoms. The van der Waals surface area contributed by atoms with Crippen LogP contribution in [0.5, 0.6) is 5.88 Å². The predicted molar refractivity (Wildman–Crippen MR) is 201 cm³/mol. The van der Waals surface area contributed by atoms with Gasteiger partial charge < -0.3 is 32.7 Å². The van der Waals surface area contributed by atoms with E-state index >= 15 is 0 Å². The number of ether oxygens (including phenoxy) is 5. The van der Waals surface area contributed by atoms with Crippen LogP contribution in [0, 0.1) is 0 Å². The molecule has 2 aromatic carbocycles. The van der Waals surface area contributed by atoms with E-state index in [0.717, 1.165) is 16.7 Å². The van der Waals surface area contributed by atoms with Crippen LogP contribution < -0.4 is 4.74 Å². The van der Waals surface area contributed by atoms with E-state index in [0.29, 0.717) is 30.1 Å². The van der Waals surface area contributed by atoms with Gasteiger partial charge in [-0.05, 0) is 63.9 Å². The largest absolute Gasteiger partial charge is 0.471 e. The summed E-state index contributed by atoms with van der Waals surface area (Å²) < 4.78 is 40.8. The van der Waals surface area contributed by atoms with Gasteiger partial charge in [0.1, 0.15) is 48.5 Å². The van der Waals surface area contributed by atoms with Crippen molar-refractivity contribution in [1.82, 2.24) is 19.4 Å². The maximum atomic E-state index is 14.4. The smallest absolute Gasteiger partial charge is 0.411 e. The standard InChI is InChI=1S/C40H54N4O7Si/c1-38(2,3)51-37(45)44-30(24-48-52(9,10)39(4,5)6)34-35(50-40(7,8)49-34)32(44)29-21-43(26-46-22-27-17-13-11-14-18-27)33-31(29)41-25-42-36(33)47-23-28-19-15-12-16-20-28/h11-21,25,30,32,34-35H,22-24,26H2,1-10H3. The Labute approximate surface area is 308 Å². The summed E-state index contributed by atoms with van der Waals surface area (Å²) in [4.78, 5) is 25.6. The van der Waals surface area contributed by atoms with Crippen LogP contribution in [0.4, 0.5) is 4.79 Å². The molecule has 2 aliphatic rings. The van der Waals surface area contributed by atoms with Gasteiger partial charge >= 0.3 is 6.09 Å². The molecule has 0 aliphatic carbocycles. The Hall–Kier alpha value is -3.81. The zero-order valence-corrected chi connectivity index (χ0v) is 33.2. The van der Waals surface area contributed by atoms with Crippen molar-refractivity contribution in [3.8, 4) is 5.88 Å². The van der Waals surface area contributed by atoms with Gasteiger partial charge in [-0.1, -0.05) is 81.4 Å². The lowest BCUT2D eigenvalue weighted by molar-refractivity contribution is -0.168. The molecule has 4 unspecified atom stereocenters. The highest BCUT2D eigenvalue weighted by molar-refractivity contribution is 6.74. The van der Waals surface area contributed by atoms with Gasteiger partial charge in [0, 0.05) is 11.8 Å². The molecule has 0 N–H and O–H groups in total. The number of aromatic nitrogens is 3. The van der Waals surface area contributed by atoms with E-state index in [-0.39, 0.29) is 18.4 Å². The molecule has 2 aliphatic heterocycles. The number of rotatable bonds is 11. The van der Waals surface area contributed by atoms with Crippen molar-refractivity contribution >= 4 is 25.4 Å². The molecule has 4 aromatic rings. The zero-order valence-electron chi connectivity index (χ0n) is 32.2. The van der Waals surface area contributed by atoms with Crippen LogP contribution in [-0.4, -0.2) is 70.1 Å². The lowest BCUT2D eigenvalue weighted by Gasteiger charge is -2.40. The molecule has 280 valence electrons. The molecule has 4 atom stereocenters. The normalized spacial score (nSPS) is 21.8. The van der Waals surface area contributed by atoms with Gasteiger partial charge in [0.25, 0.3) is 0 Å². The lowest BCUT2D eigenvalue weighted by atomic mass is 10.0. The van der Waals surface area contributed by atoms with Gasteiger partial charge in [0.15, 0.2) is 14.1 Å². The summed E-state index contributed by atoms with van der Waals surface area (Å²) in [6, 6.07) is 18.8. The minimum absolute atomic E-state index is 0.0340. The summed E-state index contributed by atoms with van der Waals surface area (Å²) >= 11 is 0. The third-order valence-electron chi connectivity index (χ3n) is 10.1. The van der Waals surface area contributed by atoms with Gasteiger partial charge in [-0.25, -0.2) is 9.78 Å². The maximum Gasteiger partial charge on any atom is 0.411 e. The number of carbonyl (C=O) groups is 1. The minimum Gasteiger partial charge on any atom is -0.471 e. The van der Waals surface area contributed by atoms with Crippen LogP contribution in [0.3, 0.4) is 0 Å². The van der Waals surface area contributed by atoms with E-state index in [1.165, 1.54) is 6.33 Å². The Balaban J connectivity index is 1.45. The van der Waals surface area contributed by atoms with E-state index in [4.69, 9.17) is 33.1 Å². The second kappa shape index (κ2) is 14.5. The second-order valence-corrected chi connectivity index (χ2v) is 21.5. The second-order valence-electron chi connectivity index (χ2n) is 16.7. The monoisotopic (exact) mass is 730 g/mol. The molecule has 2 saturated heterocycles. The Bertz CT molecular complexity index is 1840. The molecule has 1 amide bonds. The number of likely N-dealkylation sites (tertiary alicyclic amines) is 1. The summed E-state index contributed by atoms with van der Waals surface area (Å²) in [5, 5.41) is -0.0340. The zero-order chi connectivity index (χ0) is 37.5. The molecule has 0 bridgehead atoms. The van der Waals surface area contributed by atoms with Crippen LogP contribution >= 0.6 is 0 Å². The highest BCUT2D eigenvalue weighted by Gasteiger charge is 2.61. The van der Waals surface area contributed by atoms with Gasteiger partial charge in [-0.3, -0.25) is 4.90 Å². The molecule has 2 fully saturated rings. The number of nitrogens with zero attached hydrogens (tertiary/aromatic N) is 4. The molecule has 11 nitrogen and oxygen atoms in total. The molecule has 4 heterocycles. The summed E-state index contributed by atoms with van der Waals surface area (Å²) in [7, 11) is -2.22. The molecule has 0 radical (unpaired) electrons. The number of fused-ring (bicyclic) bond motifs is 2. The fourth-order valence-electron chi connectivity index (χ4n) is 6.57. The molecule has 52 heavy (non-hydrogen) atoms. The lowest BCUT2D eigenvalue weighted by Crippen LogP contribution is -2.50. The van der Waals surface area contributed by atoms with E-state index in [9.17, 15) is 4.79 Å². The van der Waals surface area contributed by atoms with Crippen LogP contribution in [-0.2, 0) is 43.3 Å². The Morgan fingerprint density at radius 1 is 0.885 bits per heavy atom. The Morgan fingerprint density at radius 2 is 1.50 bits per heavy atom.